The second-order valence-electron chi connectivity index (χ2n) is 4.33. The number of rotatable bonds is 4. The van der Waals surface area contributed by atoms with Crippen molar-refractivity contribution in [3.63, 3.8) is 0 Å². The van der Waals surface area contributed by atoms with E-state index in [4.69, 9.17) is 4.42 Å². The van der Waals surface area contributed by atoms with Crippen LogP contribution in [0, 0.1) is 13.8 Å². The Labute approximate surface area is 103 Å². The molecule has 0 fully saturated rings. The van der Waals surface area contributed by atoms with Crippen molar-refractivity contribution in [1.29, 1.82) is 0 Å². The fraction of sp³-hybridized carbons (Fsp3) is 0.333. The van der Waals surface area contributed by atoms with Crippen molar-refractivity contribution < 1.29 is 4.42 Å². The summed E-state index contributed by atoms with van der Waals surface area (Å²) in [6.07, 6.45) is 1.04. The van der Waals surface area contributed by atoms with Gasteiger partial charge in [0.2, 0.25) is 0 Å². The summed E-state index contributed by atoms with van der Waals surface area (Å²) in [6, 6.07) is 10.4. The topological polar surface area (TPSA) is 25.2 Å². The number of nitrogens with one attached hydrogen (secondary N) is 1. The van der Waals surface area contributed by atoms with E-state index in [2.05, 4.69) is 37.4 Å². The van der Waals surface area contributed by atoms with Crippen LogP contribution in [-0.4, -0.2) is 0 Å². The molecule has 2 aromatic rings. The Balaban J connectivity index is 2.13. The van der Waals surface area contributed by atoms with Crippen LogP contribution in [0.2, 0.25) is 0 Å². The molecule has 0 aliphatic rings. The maximum Gasteiger partial charge on any atom is 0.123 e. The van der Waals surface area contributed by atoms with E-state index in [0.717, 1.165) is 24.5 Å². The normalized spacial score (nSPS) is 10.5. The van der Waals surface area contributed by atoms with Gasteiger partial charge in [0.1, 0.15) is 11.5 Å². The van der Waals surface area contributed by atoms with Gasteiger partial charge in [0, 0.05) is 5.69 Å². The van der Waals surface area contributed by atoms with Gasteiger partial charge in [0.15, 0.2) is 0 Å². The van der Waals surface area contributed by atoms with Crippen molar-refractivity contribution >= 4 is 5.69 Å². The van der Waals surface area contributed by atoms with Gasteiger partial charge in [-0.05, 0) is 43.5 Å². The van der Waals surface area contributed by atoms with Crippen LogP contribution in [0.1, 0.15) is 29.6 Å². The zero-order valence-corrected chi connectivity index (χ0v) is 10.7. The van der Waals surface area contributed by atoms with E-state index in [0.29, 0.717) is 0 Å². The van der Waals surface area contributed by atoms with E-state index >= 15 is 0 Å². The molecule has 0 aliphatic heterocycles. The molecule has 0 spiro atoms. The van der Waals surface area contributed by atoms with E-state index in [9.17, 15) is 0 Å². The van der Waals surface area contributed by atoms with Gasteiger partial charge in [0.25, 0.3) is 0 Å². The van der Waals surface area contributed by atoms with Gasteiger partial charge in [-0.25, -0.2) is 0 Å². The molecule has 2 heteroatoms. The lowest BCUT2D eigenvalue weighted by atomic mass is 10.1. The van der Waals surface area contributed by atoms with Crippen molar-refractivity contribution in [2.24, 2.45) is 0 Å². The second kappa shape index (κ2) is 5.09. The first-order valence-electron chi connectivity index (χ1n) is 6.08. The van der Waals surface area contributed by atoms with E-state index in [1.165, 1.54) is 16.8 Å². The molecule has 0 unspecified atom stereocenters. The zero-order valence-electron chi connectivity index (χ0n) is 10.7. The first kappa shape index (κ1) is 11.8. The smallest absolute Gasteiger partial charge is 0.123 e. The lowest BCUT2D eigenvalue weighted by Crippen LogP contribution is -2.03. The van der Waals surface area contributed by atoms with Gasteiger partial charge in [-0.1, -0.05) is 25.1 Å². The Morgan fingerprint density at radius 1 is 1.12 bits per heavy atom. The van der Waals surface area contributed by atoms with E-state index in [1.54, 1.807) is 0 Å². The summed E-state index contributed by atoms with van der Waals surface area (Å²) in [5, 5.41) is 3.47. The number of anilines is 1. The molecular weight excluding hydrogens is 210 g/mol. The second-order valence-corrected chi connectivity index (χ2v) is 4.33. The molecule has 17 heavy (non-hydrogen) atoms. The van der Waals surface area contributed by atoms with Crippen LogP contribution in [0.4, 0.5) is 5.69 Å². The summed E-state index contributed by atoms with van der Waals surface area (Å²) in [4.78, 5) is 0. The van der Waals surface area contributed by atoms with Gasteiger partial charge in [-0.3, -0.25) is 0 Å². The van der Waals surface area contributed by atoms with Crippen LogP contribution in [0.3, 0.4) is 0 Å². The predicted octanol–water partition coefficient (Wildman–Crippen LogP) is 4.07. The summed E-state index contributed by atoms with van der Waals surface area (Å²) < 4.78 is 5.56. The standard InChI is InChI=1S/C15H19NO/c1-4-13-7-5-6-11(2)15(13)16-10-14-9-8-12(3)17-14/h5-9,16H,4,10H2,1-3H3. The van der Waals surface area contributed by atoms with Crippen LogP contribution in [0.25, 0.3) is 0 Å². The van der Waals surface area contributed by atoms with Crippen LogP contribution in [-0.2, 0) is 13.0 Å². The van der Waals surface area contributed by atoms with Crippen molar-refractivity contribution in [1.82, 2.24) is 0 Å². The fourth-order valence-electron chi connectivity index (χ4n) is 2.03. The van der Waals surface area contributed by atoms with Gasteiger partial charge < -0.3 is 9.73 Å². The first-order valence-corrected chi connectivity index (χ1v) is 6.08. The summed E-state index contributed by atoms with van der Waals surface area (Å²) in [5.41, 5.74) is 3.88. The predicted molar refractivity (Wildman–Crippen MR) is 71.3 cm³/mol. The Morgan fingerprint density at radius 3 is 2.59 bits per heavy atom. The molecule has 0 bridgehead atoms. The molecule has 1 N–H and O–H groups in total. The molecule has 1 aromatic carbocycles. The third-order valence-corrected chi connectivity index (χ3v) is 2.98. The molecule has 1 aromatic heterocycles. The SMILES string of the molecule is CCc1cccc(C)c1NCc1ccc(C)o1. The number of aryl methyl sites for hydroxylation is 3. The minimum absolute atomic E-state index is 0.742. The minimum atomic E-state index is 0.742. The maximum absolute atomic E-state index is 5.56. The van der Waals surface area contributed by atoms with E-state index in [1.807, 2.05) is 19.1 Å². The highest BCUT2D eigenvalue weighted by molar-refractivity contribution is 5.57. The molecule has 0 atom stereocenters. The third-order valence-electron chi connectivity index (χ3n) is 2.98. The number of hydrogen-bond donors (Lipinski definition) is 1. The van der Waals surface area contributed by atoms with Crippen molar-refractivity contribution in [2.45, 2.75) is 33.7 Å². The lowest BCUT2D eigenvalue weighted by Gasteiger charge is -2.12. The highest BCUT2D eigenvalue weighted by Gasteiger charge is 2.04. The van der Waals surface area contributed by atoms with Gasteiger partial charge in [0.05, 0.1) is 6.54 Å². The largest absolute Gasteiger partial charge is 0.465 e. The molecule has 0 radical (unpaired) electrons. The first-order chi connectivity index (χ1) is 8.20. The number of hydrogen-bond acceptors (Lipinski definition) is 2. The summed E-state index contributed by atoms with van der Waals surface area (Å²) in [5.74, 6) is 1.94. The monoisotopic (exact) mass is 229 g/mol. The lowest BCUT2D eigenvalue weighted by molar-refractivity contribution is 0.490. The van der Waals surface area contributed by atoms with E-state index in [-0.39, 0.29) is 0 Å². The highest BCUT2D eigenvalue weighted by Crippen LogP contribution is 2.22. The third kappa shape index (κ3) is 2.70. The molecule has 2 rings (SSSR count). The van der Waals surface area contributed by atoms with Crippen molar-refractivity contribution in [3.8, 4) is 0 Å². The average molecular weight is 229 g/mol. The van der Waals surface area contributed by atoms with Crippen molar-refractivity contribution in [3.05, 3.63) is 53.0 Å². The van der Waals surface area contributed by atoms with E-state index < -0.39 is 0 Å². The zero-order chi connectivity index (χ0) is 12.3. The molecule has 0 saturated carbocycles. The van der Waals surface area contributed by atoms with Gasteiger partial charge in [-0.2, -0.15) is 0 Å². The molecular formula is C15H19NO. The Bertz CT molecular complexity index is 499. The Morgan fingerprint density at radius 2 is 1.94 bits per heavy atom. The Hall–Kier alpha value is -1.70. The minimum Gasteiger partial charge on any atom is -0.465 e. The van der Waals surface area contributed by atoms with Crippen LogP contribution in [0.15, 0.2) is 34.7 Å². The molecule has 0 saturated heterocycles. The number of para-hydroxylation sites is 1. The van der Waals surface area contributed by atoms with Crippen LogP contribution >= 0.6 is 0 Å². The highest BCUT2D eigenvalue weighted by atomic mass is 16.3. The van der Waals surface area contributed by atoms with Crippen LogP contribution in [0.5, 0.6) is 0 Å². The summed E-state index contributed by atoms with van der Waals surface area (Å²) in [6.45, 7) is 7.02. The van der Waals surface area contributed by atoms with Gasteiger partial charge >= 0.3 is 0 Å². The molecule has 0 aliphatic carbocycles. The molecule has 0 amide bonds. The van der Waals surface area contributed by atoms with Crippen molar-refractivity contribution in [2.75, 3.05) is 5.32 Å². The van der Waals surface area contributed by atoms with Gasteiger partial charge in [-0.15, -0.1) is 0 Å². The maximum atomic E-state index is 5.56. The molecule has 90 valence electrons. The molecule has 1 heterocycles. The molecule has 2 nitrogen and oxygen atoms in total. The Kier molecular flexibility index (Phi) is 3.52. The summed E-state index contributed by atoms with van der Waals surface area (Å²) >= 11 is 0. The average Bonchev–Trinajstić information content (AvgIpc) is 2.73. The summed E-state index contributed by atoms with van der Waals surface area (Å²) in [7, 11) is 0. The quantitative estimate of drug-likeness (QED) is 0.854. The van der Waals surface area contributed by atoms with Crippen LogP contribution < -0.4 is 5.32 Å². The number of benzene rings is 1. The fourth-order valence-corrected chi connectivity index (χ4v) is 2.03. The number of furan rings is 1.